The van der Waals surface area contributed by atoms with Gasteiger partial charge in [0.2, 0.25) is 0 Å². The molecule has 5 heterocycles. The van der Waals surface area contributed by atoms with Crippen molar-refractivity contribution in [1.29, 1.82) is 0 Å². The number of amides is 5. The zero-order valence-corrected chi connectivity index (χ0v) is 82.4. The van der Waals surface area contributed by atoms with Crippen LogP contribution in [0.2, 0.25) is 10.0 Å². The van der Waals surface area contributed by atoms with Crippen LogP contribution in [0.3, 0.4) is 0 Å². The number of phenolic OH excluding ortho intramolecular Hbond substituents is 10. The third kappa shape index (κ3) is 45.2. The maximum Gasteiger partial charge on any atom is 0.342 e. The lowest BCUT2D eigenvalue weighted by atomic mass is 9.99. The van der Waals surface area contributed by atoms with Crippen LogP contribution in [-0.2, 0) is 104 Å². The Kier molecular flexibility index (Phi) is 55.6. The van der Waals surface area contributed by atoms with Gasteiger partial charge in [-0.05, 0) is 173 Å². The van der Waals surface area contributed by atoms with Crippen molar-refractivity contribution in [3.05, 3.63) is 236 Å². The molecule has 0 radical (unpaired) electrons. The van der Waals surface area contributed by atoms with Gasteiger partial charge in [0.1, 0.15) is 92.0 Å². The molecule has 0 atom stereocenters. The summed E-state index contributed by atoms with van der Waals surface area (Å²) in [6.45, 7) is -1.58. The minimum Gasteiger partial charge on any atom is -0.508 e. The van der Waals surface area contributed by atoms with E-state index in [0.29, 0.717) is 78.1 Å². The number of hydrogen-bond donors (Lipinski definition) is 18. The van der Waals surface area contributed by atoms with Gasteiger partial charge in [-0.3, -0.25) is 24.0 Å². The Morgan fingerprint density at radius 1 is 0.293 bits per heavy atom. The molecule has 5 aliphatic rings. The predicted molar refractivity (Wildman–Crippen MR) is 540 cm³/mol. The van der Waals surface area contributed by atoms with Crippen LogP contribution in [0.4, 0.5) is 0 Å². The third-order valence-electron chi connectivity index (χ3n) is 20.1. The number of aliphatic hydroxyl groups excluding tert-OH is 3. The number of benzene rings is 5. The van der Waals surface area contributed by atoms with Crippen molar-refractivity contribution in [2.45, 2.75) is 128 Å². The first kappa shape index (κ1) is 120. The van der Waals surface area contributed by atoms with Crippen molar-refractivity contribution in [3.63, 3.8) is 0 Å². The fraction of sp³-hybridized carbons (Fsp3) is 0.363. The highest BCUT2D eigenvalue weighted by Crippen LogP contribution is 2.40. The second kappa shape index (κ2) is 68.3. The van der Waals surface area contributed by atoms with Gasteiger partial charge >= 0.3 is 29.8 Å². The summed E-state index contributed by atoms with van der Waals surface area (Å²) in [7, 11) is 2.96. The number of cyclic esters (lactones) is 5. The van der Waals surface area contributed by atoms with Crippen LogP contribution >= 0.6 is 23.2 Å². The molecule has 792 valence electrons. The van der Waals surface area contributed by atoms with E-state index < -0.39 is 89.7 Å². The number of carbonyl (C=O) groups is 10. The highest BCUT2D eigenvalue weighted by molar-refractivity contribution is 6.34. The number of halogens is 2. The molecule has 45 heteroatoms. The molecule has 5 aliphatic heterocycles. The average molecular weight is 2090 g/mol. The smallest absolute Gasteiger partial charge is 0.342 e. The summed E-state index contributed by atoms with van der Waals surface area (Å²) in [4.78, 5) is 145. The zero-order valence-electron chi connectivity index (χ0n) is 80.9. The van der Waals surface area contributed by atoms with E-state index in [1.165, 1.54) is 32.3 Å². The highest BCUT2D eigenvalue weighted by atomic mass is 35.5. The molecule has 0 bridgehead atoms. The van der Waals surface area contributed by atoms with Crippen molar-refractivity contribution >= 4 is 111 Å². The number of rotatable bonds is 20. The van der Waals surface area contributed by atoms with Gasteiger partial charge in [0.15, 0.2) is 33.0 Å². The molecule has 0 aromatic heterocycles. The fourth-order valence-corrected chi connectivity index (χ4v) is 13.6. The summed E-state index contributed by atoms with van der Waals surface area (Å²) in [5, 5.41) is 158. The van der Waals surface area contributed by atoms with E-state index in [4.69, 9.17) is 86.4 Å². The molecule has 10 rings (SSSR count). The van der Waals surface area contributed by atoms with Gasteiger partial charge in [-0.25, -0.2) is 24.0 Å². The van der Waals surface area contributed by atoms with Crippen LogP contribution in [-0.4, -0.2) is 268 Å². The molecule has 0 saturated carbocycles. The number of ether oxygens (including phenoxy) is 5. The van der Waals surface area contributed by atoms with Crippen molar-refractivity contribution in [1.82, 2.24) is 26.6 Å². The first-order chi connectivity index (χ1) is 70.9. The van der Waals surface area contributed by atoms with Crippen LogP contribution in [0.15, 0.2) is 196 Å². The summed E-state index contributed by atoms with van der Waals surface area (Å²) in [5.74, 6) is -9.32. The standard InChI is InChI=1S/2C21H26N2O7.C20H23ClN2O7.C20H23ClN2O6.C20H24N2O6/c2*24-9-8-22-19(27)14-30-23-16-7-5-3-1-2-4-6-10-29-21(28)20-15(11-16)12-17(25)13-18(20)26;21-19-14-9-13(23-30-11-17(27)22-12-24)7-5-3-1-2-4-6-8-29-20(28)18(14)15(25)10-16(19)26;1-22-17(26)12-29-23-13-8-6-4-2-3-5-7-9-28-20(27)18-14(10-13)19(21)16(25)11-15(18)24;1-21-18(25)13-28-22-15-8-6-4-2-3-5-7-9-27-20(26)19-14(10-15)11-16(23)12-17(19)24/h2*2,4-5,7,12-13,24-26H,1,3,6,8-11,14H2,(H,22,27);2,4-5,7,10,24-26H,1,3,6,8-9,11-12H2,(H,22,27);3,5-6,8,11,24-25H,2,4,7,9-10,12H2,1H3,(H,22,26);3,5-6,8,11-12,23-24H,2,4,7,9-10,13H2,1H3,(H,21,25)/b4-2+,7-5+,23-16+;4-2+,7-5+,23-16-;4-2+,7-5+,23-13+;5-3+,8-6+,23-13+;5-3+,8-6+,22-15-. The molecule has 0 fully saturated rings. The molecule has 18 N–H and O–H groups in total. The number of nitrogens with one attached hydrogen (secondary N) is 5. The number of nitrogens with zero attached hydrogens (tertiary/aromatic N) is 5. The van der Waals surface area contributed by atoms with E-state index in [1.54, 1.807) is 30.4 Å². The molecule has 147 heavy (non-hydrogen) atoms. The maximum absolute atomic E-state index is 12.5. The largest absolute Gasteiger partial charge is 0.508 e. The molecule has 0 saturated heterocycles. The number of phenols is 10. The van der Waals surface area contributed by atoms with Gasteiger partial charge in [0.25, 0.3) is 29.5 Å². The molecule has 0 aliphatic carbocycles. The van der Waals surface area contributed by atoms with Crippen molar-refractivity contribution < 1.29 is 162 Å². The Morgan fingerprint density at radius 3 is 0.769 bits per heavy atom. The van der Waals surface area contributed by atoms with Gasteiger partial charge < -0.3 is 141 Å². The molecule has 5 aromatic carbocycles. The van der Waals surface area contributed by atoms with E-state index in [-0.39, 0.29) is 213 Å². The summed E-state index contributed by atoms with van der Waals surface area (Å²) < 4.78 is 26.1. The Morgan fingerprint density at radius 2 is 0.517 bits per heavy atom. The van der Waals surface area contributed by atoms with Crippen molar-refractivity contribution in [3.8, 4) is 57.5 Å². The Bertz CT molecular complexity index is 5640. The number of aliphatic hydroxyl groups is 3. The number of aromatic hydroxyl groups is 10. The van der Waals surface area contributed by atoms with E-state index in [1.807, 2.05) is 91.1 Å². The van der Waals surface area contributed by atoms with E-state index in [9.17, 15) is 99.0 Å². The second-order valence-electron chi connectivity index (χ2n) is 31.5. The summed E-state index contributed by atoms with van der Waals surface area (Å²) in [5.41, 5.74) is 2.53. The highest BCUT2D eigenvalue weighted by Gasteiger charge is 2.30. The number of likely N-dealkylation sites (N-methyl/N-ethyl adjacent to an activating group) is 2. The molecular formula is C102H122Cl2N10O33. The molecule has 0 spiro atoms. The number of hydrogen-bond acceptors (Lipinski definition) is 38. The SMILES string of the molecule is CNC(=O)CO/N=C1/C=C/CC/C=C/CCOC(=O)c2c(O)cc(O)cc2C1.CNC(=O)CO/N=C1\C=C\CC/C=C/CCOC(=O)c2c(O)cc(O)c(Cl)c2C1.O=C(CO/N=C1/C=C/CC/C=C/CCOC(=O)c2c(O)cc(O)cc2C1)NCCO.O=C(CO/N=C1\C=C\CC/C=C/CCOC(=O)c2c(O)cc(O)c(Cl)c2C1)NCO.O=C(CO/N=C1\C=C\CC/C=C/CCOC(=O)c2c(O)cc(O)cc2C1)NCCO. The van der Waals surface area contributed by atoms with Crippen LogP contribution in [0.1, 0.15) is 176 Å². The zero-order chi connectivity index (χ0) is 107. The molecular weight excluding hydrogens is 1960 g/mol. The molecule has 0 unspecified atom stereocenters. The summed E-state index contributed by atoms with van der Waals surface area (Å²) in [6, 6.07) is 9.23. The van der Waals surface area contributed by atoms with E-state index >= 15 is 0 Å². The minimum atomic E-state index is -0.790. The van der Waals surface area contributed by atoms with Gasteiger partial charge in [-0.1, -0.05) is 140 Å². The van der Waals surface area contributed by atoms with Gasteiger partial charge in [-0.2, -0.15) is 0 Å². The first-order valence-electron chi connectivity index (χ1n) is 46.4. The predicted octanol–water partition coefficient (Wildman–Crippen LogP) is 10.4. The lowest BCUT2D eigenvalue weighted by Gasteiger charge is -2.14. The maximum atomic E-state index is 12.5. The molecule has 5 aromatic rings. The normalized spacial score (nSPS) is 18.7. The first-order valence-corrected chi connectivity index (χ1v) is 47.2. The van der Waals surface area contributed by atoms with Crippen LogP contribution in [0, 0.1) is 0 Å². The van der Waals surface area contributed by atoms with Crippen molar-refractivity contribution in [2.75, 3.05) is 113 Å². The Hall–Kier alpha value is -16.0. The lowest BCUT2D eigenvalue weighted by Crippen LogP contribution is -2.29. The second-order valence-corrected chi connectivity index (χ2v) is 32.2. The van der Waals surface area contributed by atoms with E-state index in [2.05, 4.69) is 52.4 Å². The van der Waals surface area contributed by atoms with Crippen LogP contribution < -0.4 is 26.6 Å². The Balaban J connectivity index is 0.000000281. The van der Waals surface area contributed by atoms with Gasteiger partial charge in [0, 0.05) is 89.6 Å². The number of allylic oxidation sites excluding steroid dienone is 15. The lowest BCUT2D eigenvalue weighted by molar-refractivity contribution is -0.127. The number of esters is 5. The van der Waals surface area contributed by atoms with Gasteiger partial charge in [0.05, 0.1) is 84.9 Å². The Labute approximate surface area is 856 Å². The topological polar surface area (TPSA) is 648 Å². The van der Waals surface area contributed by atoms with Gasteiger partial charge in [-0.15, -0.1) is 0 Å². The average Bonchev–Trinajstić information content (AvgIpc) is 0.794. The quantitative estimate of drug-likeness (QED) is 0.0113. The van der Waals surface area contributed by atoms with Crippen LogP contribution in [0.25, 0.3) is 0 Å². The number of carbonyl (C=O) groups excluding carboxylic acids is 10. The van der Waals surface area contributed by atoms with Crippen molar-refractivity contribution in [2.24, 2.45) is 25.8 Å². The fourth-order valence-electron chi connectivity index (χ4n) is 13.2. The third-order valence-corrected chi connectivity index (χ3v) is 21.0. The number of oxime groups is 5. The summed E-state index contributed by atoms with van der Waals surface area (Å²) in [6.07, 6.45) is 47.6. The number of fused-ring (bicyclic) bond motifs is 5. The van der Waals surface area contributed by atoms with E-state index in [0.717, 1.165) is 88.1 Å². The minimum absolute atomic E-state index is 0.0359. The van der Waals surface area contributed by atoms with Crippen LogP contribution in [0.5, 0.6) is 57.5 Å². The monoisotopic (exact) mass is 2080 g/mol. The molecule has 43 nitrogen and oxygen atoms in total. The molecule has 5 amide bonds. The summed E-state index contributed by atoms with van der Waals surface area (Å²) >= 11 is 12.4.